The van der Waals surface area contributed by atoms with Crippen molar-refractivity contribution in [2.24, 2.45) is 0 Å². The second kappa shape index (κ2) is 9.10. The van der Waals surface area contributed by atoms with Crippen molar-refractivity contribution in [2.45, 2.75) is 65.8 Å². The minimum absolute atomic E-state index is 0.308. The fourth-order valence-corrected chi connectivity index (χ4v) is 2.60. The van der Waals surface area contributed by atoms with Crippen LogP contribution in [0.25, 0.3) is 0 Å². The maximum absolute atomic E-state index is 11.8. The Labute approximate surface area is 119 Å². The highest BCUT2D eigenvalue weighted by atomic mass is 32.2. The number of hydrogen-bond donors (Lipinski definition) is 1. The first-order valence-electron chi connectivity index (χ1n) is 6.81. The molecule has 19 heavy (non-hydrogen) atoms. The van der Waals surface area contributed by atoms with Crippen molar-refractivity contribution in [1.82, 2.24) is 4.72 Å². The van der Waals surface area contributed by atoms with E-state index >= 15 is 0 Å². The standard InChI is InChI=1S/C11H17NO2S.2C2H6/c1-9-5-7-10(8-6-9)15(13,14)12-11(2,3)4;2*1-2/h5-8,12H,1-4H3;2*1-2H3. The van der Waals surface area contributed by atoms with Gasteiger partial charge in [0.05, 0.1) is 4.90 Å². The number of rotatable bonds is 2. The maximum atomic E-state index is 11.8. The lowest BCUT2D eigenvalue weighted by molar-refractivity contribution is 0.491. The molecule has 0 fully saturated rings. The first-order chi connectivity index (χ1) is 8.71. The Morgan fingerprint density at radius 3 is 1.58 bits per heavy atom. The molecular formula is C15H29NO2S. The van der Waals surface area contributed by atoms with Crippen molar-refractivity contribution in [2.75, 3.05) is 0 Å². The lowest BCUT2D eigenvalue weighted by Crippen LogP contribution is -2.40. The molecule has 0 aliphatic heterocycles. The summed E-state index contributed by atoms with van der Waals surface area (Å²) in [4.78, 5) is 0.308. The van der Waals surface area contributed by atoms with Crippen LogP contribution in [0, 0.1) is 6.92 Å². The molecule has 3 nitrogen and oxygen atoms in total. The first kappa shape index (κ1) is 20.4. The zero-order valence-corrected chi connectivity index (χ0v) is 14.4. The second-order valence-electron chi connectivity index (χ2n) is 4.67. The molecule has 0 aliphatic rings. The summed E-state index contributed by atoms with van der Waals surface area (Å²) < 4.78 is 26.3. The van der Waals surface area contributed by atoms with Crippen LogP contribution < -0.4 is 4.72 Å². The summed E-state index contributed by atoms with van der Waals surface area (Å²) in [6.45, 7) is 15.4. The molecule has 1 N–H and O–H groups in total. The van der Waals surface area contributed by atoms with Gasteiger partial charge in [0, 0.05) is 5.54 Å². The third-order valence-electron chi connectivity index (χ3n) is 1.77. The van der Waals surface area contributed by atoms with Crippen LogP contribution in [-0.2, 0) is 10.0 Å². The van der Waals surface area contributed by atoms with Crippen LogP contribution in [0.1, 0.15) is 54.0 Å². The van der Waals surface area contributed by atoms with E-state index in [2.05, 4.69) is 4.72 Å². The number of nitrogens with one attached hydrogen (secondary N) is 1. The average Bonchev–Trinajstić information content (AvgIpc) is 2.32. The molecule has 1 rings (SSSR count). The molecule has 0 atom stereocenters. The number of benzene rings is 1. The van der Waals surface area contributed by atoms with E-state index in [0.29, 0.717) is 4.90 Å². The Morgan fingerprint density at radius 1 is 0.895 bits per heavy atom. The van der Waals surface area contributed by atoms with Crippen LogP contribution in [0.3, 0.4) is 0 Å². The van der Waals surface area contributed by atoms with Gasteiger partial charge in [-0.1, -0.05) is 45.4 Å². The molecule has 0 saturated heterocycles. The summed E-state index contributed by atoms with van der Waals surface area (Å²) in [6, 6.07) is 6.81. The normalized spacial score (nSPS) is 10.7. The zero-order chi connectivity index (χ0) is 15.7. The Bertz CT molecular complexity index is 428. The van der Waals surface area contributed by atoms with Gasteiger partial charge in [-0.05, 0) is 39.8 Å². The van der Waals surface area contributed by atoms with Crippen molar-refractivity contribution >= 4 is 10.0 Å². The predicted molar refractivity (Wildman–Crippen MR) is 83.9 cm³/mol. The van der Waals surface area contributed by atoms with Crippen molar-refractivity contribution in [3.63, 3.8) is 0 Å². The Morgan fingerprint density at radius 2 is 1.26 bits per heavy atom. The third kappa shape index (κ3) is 8.78. The predicted octanol–water partition coefficient (Wildman–Crippen LogP) is 4.12. The van der Waals surface area contributed by atoms with Gasteiger partial charge in [-0.2, -0.15) is 0 Å². The lowest BCUT2D eigenvalue weighted by Gasteiger charge is -2.20. The smallest absolute Gasteiger partial charge is 0.207 e. The quantitative estimate of drug-likeness (QED) is 0.889. The van der Waals surface area contributed by atoms with Crippen LogP contribution >= 0.6 is 0 Å². The van der Waals surface area contributed by atoms with Crippen LogP contribution in [0.5, 0.6) is 0 Å². The van der Waals surface area contributed by atoms with Crippen molar-refractivity contribution < 1.29 is 8.42 Å². The minimum atomic E-state index is -3.38. The minimum Gasteiger partial charge on any atom is -0.207 e. The Kier molecular flexibility index (Phi) is 9.79. The molecule has 0 radical (unpaired) electrons. The van der Waals surface area contributed by atoms with Gasteiger partial charge in [-0.25, -0.2) is 13.1 Å². The van der Waals surface area contributed by atoms with Gasteiger partial charge in [0.1, 0.15) is 0 Å². The molecule has 0 saturated carbocycles. The lowest BCUT2D eigenvalue weighted by atomic mass is 10.1. The SMILES string of the molecule is CC.CC.Cc1ccc(S(=O)(=O)NC(C)(C)C)cc1. The summed E-state index contributed by atoms with van der Waals surface area (Å²) in [6.07, 6.45) is 0. The molecule has 0 heterocycles. The topological polar surface area (TPSA) is 46.2 Å². The average molecular weight is 287 g/mol. The molecule has 0 aromatic heterocycles. The molecule has 1 aromatic carbocycles. The summed E-state index contributed by atoms with van der Waals surface area (Å²) in [5.74, 6) is 0. The van der Waals surface area contributed by atoms with Gasteiger partial charge < -0.3 is 0 Å². The number of sulfonamides is 1. The molecule has 112 valence electrons. The van der Waals surface area contributed by atoms with E-state index in [4.69, 9.17) is 0 Å². The Balaban J connectivity index is 0. The molecular weight excluding hydrogens is 258 g/mol. The van der Waals surface area contributed by atoms with Crippen LogP contribution in [0.2, 0.25) is 0 Å². The van der Waals surface area contributed by atoms with Crippen molar-refractivity contribution in [1.29, 1.82) is 0 Å². The molecule has 0 aliphatic carbocycles. The van der Waals surface area contributed by atoms with E-state index < -0.39 is 15.6 Å². The molecule has 0 unspecified atom stereocenters. The van der Waals surface area contributed by atoms with E-state index in [0.717, 1.165) is 5.56 Å². The fraction of sp³-hybridized carbons (Fsp3) is 0.600. The summed E-state index contributed by atoms with van der Waals surface area (Å²) in [5.41, 5.74) is 0.591. The van der Waals surface area contributed by atoms with Gasteiger partial charge in [-0.3, -0.25) is 0 Å². The van der Waals surface area contributed by atoms with Crippen molar-refractivity contribution in [3.8, 4) is 0 Å². The number of hydrogen-bond acceptors (Lipinski definition) is 2. The van der Waals surface area contributed by atoms with E-state index in [1.165, 1.54) is 0 Å². The van der Waals surface area contributed by atoms with Gasteiger partial charge in [0.2, 0.25) is 10.0 Å². The monoisotopic (exact) mass is 287 g/mol. The van der Waals surface area contributed by atoms with Crippen molar-refractivity contribution in [3.05, 3.63) is 29.8 Å². The van der Waals surface area contributed by atoms with E-state index in [9.17, 15) is 8.42 Å². The zero-order valence-electron chi connectivity index (χ0n) is 13.5. The van der Waals surface area contributed by atoms with E-state index in [1.807, 2.05) is 55.4 Å². The fourth-order valence-electron chi connectivity index (χ4n) is 1.18. The second-order valence-corrected chi connectivity index (χ2v) is 6.35. The van der Waals surface area contributed by atoms with Gasteiger partial charge in [0.25, 0.3) is 0 Å². The first-order valence-corrected chi connectivity index (χ1v) is 8.30. The molecule has 4 heteroatoms. The van der Waals surface area contributed by atoms with Gasteiger partial charge in [0.15, 0.2) is 0 Å². The molecule has 0 bridgehead atoms. The largest absolute Gasteiger partial charge is 0.241 e. The molecule has 1 aromatic rings. The van der Waals surface area contributed by atoms with E-state index in [-0.39, 0.29) is 0 Å². The van der Waals surface area contributed by atoms with Crippen LogP contribution in [-0.4, -0.2) is 14.0 Å². The van der Waals surface area contributed by atoms with Crippen LogP contribution in [0.15, 0.2) is 29.2 Å². The Hall–Kier alpha value is -0.870. The number of aryl methyl sites for hydroxylation is 1. The van der Waals surface area contributed by atoms with E-state index in [1.54, 1.807) is 24.3 Å². The summed E-state index contributed by atoms with van der Waals surface area (Å²) in [5, 5.41) is 0. The van der Waals surface area contributed by atoms with Gasteiger partial charge >= 0.3 is 0 Å². The highest BCUT2D eigenvalue weighted by Gasteiger charge is 2.21. The molecule has 0 spiro atoms. The highest BCUT2D eigenvalue weighted by molar-refractivity contribution is 7.89. The summed E-state index contributed by atoms with van der Waals surface area (Å²) >= 11 is 0. The third-order valence-corrected chi connectivity index (χ3v) is 3.55. The summed E-state index contributed by atoms with van der Waals surface area (Å²) in [7, 11) is -3.38. The highest BCUT2D eigenvalue weighted by Crippen LogP contribution is 2.13. The molecule has 0 amide bonds. The van der Waals surface area contributed by atoms with Crippen LogP contribution in [0.4, 0.5) is 0 Å². The maximum Gasteiger partial charge on any atom is 0.241 e. The van der Waals surface area contributed by atoms with Gasteiger partial charge in [-0.15, -0.1) is 0 Å².